The number of hydrogen-bond donors (Lipinski definition) is 2. The lowest BCUT2D eigenvalue weighted by atomic mass is 10.3. The predicted octanol–water partition coefficient (Wildman–Crippen LogP) is -0.157. The Morgan fingerprint density at radius 1 is 1.88 bits per heavy atom. The molecule has 0 aliphatic rings. The van der Waals surface area contributed by atoms with Gasteiger partial charge in [-0.3, -0.25) is 0 Å². The Morgan fingerprint density at radius 2 is 2.50 bits per heavy atom. The second-order valence-electron chi connectivity index (χ2n) is 1.33. The van der Waals surface area contributed by atoms with Crippen LogP contribution in [0.5, 0.6) is 0 Å². The van der Waals surface area contributed by atoms with Crippen LogP contribution in [0.25, 0.3) is 0 Å². The van der Waals surface area contributed by atoms with Crippen LogP contribution in [0.15, 0.2) is 12.7 Å². The predicted molar refractivity (Wildman–Crippen MR) is 32.8 cm³/mol. The monoisotopic (exact) mass is 111 g/mol. The van der Waals surface area contributed by atoms with E-state index < -0.39 is 6.10 Å². The molecule has 3 N–H and O–H groups in total. The van der Waals surface area contributed by atoms with Gasteiger partial charge in [-0.15, -0.1) is 6.58 Å². The summed E-state index contributed by atoms with van der Waals surface area (Å²) in [4.78, 5) is 0. The molecule has 0 aliphatic carbocycles. The van der Waals surface area contributed by atoms with Gasteiger partial charge in [0, 0.05) is 12.5 Å². The molecule has 0 saturated carbocycles. The highest BCUT2D eigenvalue weighted by molar-refractivity contribution is 5.02. The summed E-state index contributed by atoms with van der Waals surface area (Å²) in [6.07, 6.45) is 1.43. The molecule has 1 atom stereocenters. The van der Waals surface area contributed by atoms with Gasteiger partial charge < -0.3 is 10.8 Å². The van der Waals surface area contributed by atoms with Gasteiger partial charge >= 0.3 is 0 Å². The van der Waals surface area contributed by atoms with Crippen molar-refractivity contribution < 1.29 is 5.11 Å². The summed E-state index contributed by atoms with van der Waals surface area (Å²) in [6.45, 7) is 3.41. The molecular formula is C6H9NO. The molecule has 0 heterocycles. The van der Waals surface area contributed by atoms with E-state index in [-0.39, 0.29) is 0 Å². The van der Waals surface area contributed by atoms with Crippen LogP contribution in [-0.4, -0.2) is 11.2 Å². The SMILES string of the molecule is C=CCC(O)C#CN. The molecule has 0 saturated heterocycles. The third-order valence-electron chi connectivity index (χ3n) is 0.640. The molecule has 0 amide bonds. The molecule has 0 fully saturated rings. The Balaban J connectivity index is 3.41. The van der Waals surface area contributed by atoms with Gasteiger partial charge in [-0.1, -0.05) is 6.08 Å². The molecule has 1 unspecified atom stereocenters. The zero-order valence-corrected chi connectivity index (χ0v) is 4.59. The number of hydrogen-bond acceptors (Lipinski definition) is 2. The molecule has 0 radical (unpaired) electrons. The van der Waals surface area contributed by atoms with Gasteiger partial charge in [0.15, 0.2) is 0 Å². The van der Waals surface area contributed by atoms with Gasteiger partial charge in [0.05, 0.1) is 0 Å². The fourth-order valence-electron chi connectivity index (χ4n) is 0.313. The molecule has 0 spiro atoms. The van der Waals surface area contributed by atoms with Gasteiger partial charge in [-0.05, 0) is 5.92 Å². The smallest absolute Gasteiger partial charge is 0.119 e. The Bertz CT molecular complexity index is 120. The maximum Gasteiger partial charge on any atom is 0.119 e. The molecule has 8 heavy (non-hydrogen) atoms. The van der Waals surface area contributed by atoms with Gasteiger partial charge in [0.1, 0.15) is 6.10 Å². The average molecular weight is 111 g/mol. The molecule has 0 rings (SSSR count). The van der Waals surface area contributed by atoms with E-state index in [0.29, 0.717) is 6.42 Å². The first-order chi connectivity index (χ1) is 3.81. The van der Waals surface area contributed by atoms with Crippen molar-refractivity contribution in [1.29, 1.82) is 0 Å². The zero-order chi connectivity index (χ0) is 6.41. The van der Waals surface area contributed by atoms with E-state index in [0.717, 1.165) is 0 Å². The van der Waals surface area contributed by atoms with E-state index in [2.05, 4.69) is 18.5 Å². The molecule has 0 bridgehead atoms. The van der Waals surface area contributed by atoms with Crippen LogP contribution in [0.4, 0.5) is 0 Å². The molecule has 44 valence electrons. The van der Waals surface area contributed by atoms with Crippen molar-refractivity contribution in [1.82, 2.24) is 0 Å². The van der Waals surface area contributed by atoms with Gasteiger partial charge in [0.2, 0.25) is 0 Å². The Hall–Kier alpha value is -0.940. The minimum absolute atomic E-state index is 0.476. The lowest BCUT2D eigenvalue weighted by molar-refractivity contribution is 0.236. The van der Waals surface area contributed by atoms with Gasteiger partial charge in [-0.2, -0.15) is 0 Å². The third-order valence-corrected chi connectivity index (χ3v) is 0.640. The van der Waals surface area contributed by atoms with E-state index in [1.807, 2.05) is 0 Å². The first-order valence-corrected chi connectivity index (χ1v) is 2.31. The fourth-order valence-corrected chi connectivity index (χ4v) is 0.313. The number of aliphatic hydroxyl groups excluding tert-OH is 1. The molecule has 0 aromatic carbocycles. The van der Waals surface area contributed by atoms with E-state index in [4.69, 9.17) is 10.8 Å². The van der Waals surface area contributed by atoms with Crippen molar-refractivity contribution in [2.24, 2.45) is 5.73 Å². The van der Waals surface area contributed by atoms with Crippen molar-refractivity contribution in [2.45, 2.75) is 12.5 Å². The summed E-state index contributed by atoms with van der Waals surface area (Å²) < 4.78 is 0. The first kappa shape index (κ1) is 7.06. The van der Waals surface area contributed by atoms with Crippen molar-refractivity contribution >= 4 is 0 Å². The van der Waals surface area contributed by atoms with E-state index in [1.165, 1.54) is 0 Å². The molecule has 2 nitrogen and oxygen atoms in total. The van der Waals surface area contributed by atoms with Crippen LogP contribution < -0.4 is 5.73 Å². The van der Waals surface area contributed by atoms with Gasteiger partial charge in [-0.25, -0.2) is 0 Å². The van der Waals surface area contributed by atoms with E-state index >= 15 is 0 Å². The molecule has 0 aliphatic heterocycles. The number of aliphatic hydroxyl groups is 1. The lowest BCUT2D eigenvalue weighted by Crippen LogP contribution is -2.00. The van der Waals surface area contributed by atoms with Crippen LogP contribution in [0, 0.1) is 12.0 Å². The third kappa shape index (κ3) is 3.26. The quantitative estimate of drug-likeness (QED) is 0.295. The van der Waals surface area contributed by atoms with Crippen LogP contribution in [-0.2, 0) is 0 Å². The highest BCUT2D eigenvalue weighted by Gasteiger charge is 1.90. The second kappa shape index (κ2) is 4.23. The van der Waals surface area contributed by atoms with Gasteiger partial charge in [0.25, 0.3) is 0 Å². The van der Waals surface area contributed by atoms with Crippen LogP contribution in [0.3, 0.4) is 0 Å². The fraction of sp³-hybridized carbons (Fsp3) is 0.333. The van der Waals surface area contributed by atoms with Crippen LogP contribution >= 0.6 is 0 Å². The summed E-state index contributed by atoms with van der Waals surface area (Å²) in [6, 6.07) is 2.10. The van der Waals surface area contributed by atoms with Crippen molar-refractivity contribution in [3.63, 3.8) is 0 Å². The van der Waals surface area contributed by atoms with E-state index in [9.17, 15) is 0 Å². The molecule has 0 aromatic heterocycles. The van der Waals surface area contributed by atoms with E-state index in [1.54, 1.807) is 6.08 Å². The number of rotatable bonds is 2. The summed E-state index contributed by atoms with van der Waals surface area (Å²) in [5.74, 6) is 2.36. The standard InChI is InChI=1S/C6H9NO/c1-2-3-6(8)4-5-7/h2,6,8H,1,3,7H2. The maximum absolute atomic E-state index is 8.72. The van der Waals surface area contributed by atoms with Crippen molar-refractivity contribution in [2.75, 3.05) is 0 Å². The lowest BCUT2D eigenvalue weighted by Gasteiger charge is -1.92. The summed E-state index contributed by atoms with van der Waals surface area (Å²) in [7, 11) is 0. The summed E-state index contributed by atoms with van der Waals surface area (Å²) in [5, 5.41) is 8.72. The van der Waals surface area contributed by atoms with Crippen LogP contribution in [0.1, 0.15) is 6.42 Å². The zero-order valence-electron chi connectivity index (χ0n) is 4.59. The highest BCUT2D eigenvalue weighted by Crippen LogP contribution is 1.86. The molecule has 2 heteroatoms. The first-order valence-electron chi connectivity index (χ1n) is 2.31. The minimum Gasteiger partial charge on any atom is -0.380 e. The normalized spacial score (nSPS) is 11.1. The maximum atomic E-state index is 8.72. The molecular weight excluding hydrogens is 102 g/mol. The second-order valence-corrected chi connectivity index (χ2v) is 1.33. The molecule has 0 aromatic rings. The van der Waals surface area contributed by atoms with Crippen LogP contribution in [0.2, 0.25) is 0 Å². The largest absolute Gasteiger partial charge is 0.380 e. The average Bonchev–Trinajstić information content (AvgIpc) is 1.68. The number of nitrogens with two attached hydrogens (primary N) is 1. The summed E-state index contributed by atoms with van der Waals surface area (Å²) >= 11 is 0. The minimum atomic E-state index is -0.641. The Labute approximate surface area is 49.0 Å². The highest BCUT2D eigenvalue weighted by atomic mass is 16.3. The van der Waals surface area contributed by atoms with Crippen molar-refractivity contribution in [3.8, 4) is 12.0 Å². The Kier molecular flexibility index (Phi) is 3.73. The Morgan fingerprint density at radius 3 is 2.88 bits per heavy atom. The topological polar surface area (TPSA) is 46.2 Å². The van der Waals surface area contributed by atoms with Crippen molar-refractivity contribution in [3.05, 3.63) is 12.7 Å². The summed E-state index contributed by atoms with van der Waals surface area (Å²) in [5.41, 5.74) is 4.80.